The van der Waals surface area contributed by atoms with E-state index < -0.39 is 0 Å². The molecule has 0 heteroatoms. The Morgan fingerprint density at radius 2 is 1.69 bits per heavy atom. The lowest BCUT2D eigenvalue weighted by Gasteiger charge is -2.29. The number of fused-ring (bicyclic) bond motifs is 1. The Balaban J connectivity index is 1.67. The van der Waals surface area contributed by atoms with Crippen molar-refractivity contribution >= 4 is 0 Å². The van der Waals surface area contributed by atoms with Crippen molar-refractivity contribution in [1.29, 1.82) is 0 Å². The van der Waals surface area contributed by atoms with E-state index in [1.807, 2.05) is 0 Å². The van der Waals surface area contributed by atoms with Crippen molar-refractivity contribution in [3.05, 3.63) is 35.9 Å². The largest absolute Gasteiger partial charge is 0.0622 e. The van der Waals surface area contributed by atoms with E-state index in [0.29, 0.717) is 0 Å². The minimum atomic E-state index is 0.993. The second kappa shape index (κ2) is 4.61. The topological polar surface area (TPSA) is 0 Å². The molecule has 2 aliphatic rings. The molecule has 3 unspecified atom stereocenters. The molecule has 3 rings (SSSR count). The number of benzene rings is 1. The van der Waals surface area contributed by atoms with Gasteiger partial charge in [-0.15, -0.1) is 0 Å². The Kier molecular flexibility index (Phi) is 2.99. The third-order valence-corrected chi connectivity index (χ3v) is 4.82. The van der Waals surface area contributed by atoms with Gasteiger partial charge in [0.25, 0.3) is 0 Å². The van der Waals surface area contributed by atoms with E-state index >= 15 is 0 Å². The van der Waals surface area contributed by atoms with Gasteiger partial charge in [-0.1, -0.05) is 49.6 Å². The van der Waals surface area contributed by atoms with Crippen LogP contribution in [0.4, 0.5) is 0 Å². The van der Waals surface area contributed by atoms with Crippen LogP contribution < -0.4 is 0 Å². The Morgan fingerprint density at radius 1 is 0.875 bits per heavy atom. The monoisotopic (exact) mass is 214 g/mol. The fourth-order valence-electron chi connectivity index (χ4n) is 4.03. The lowest BCUT2D eigenvalue weighted by atomic mass is 9.76. The van der Waals surface area contributed by atoms with Crippen LogP contribution in [0.3, 0.4) is 0 Å². The zero-order chi connectivity index (χ0) is 10.8. The standard InChI is InChI=1S/C16H22/c1-2-6-13(7-3-1)12-15-11-10-14-8-4-5-9-16(14)15/h1-3,6-7,14-16H,4-5,8-12H2. The molecule has 2 aliphatic carbocycles. The maximum atomic E-state index is 2.30. The molecule has 0 aromatic heterocycles. The molecular weight excluding hydrogens is 192 g/mol. The summed E-state index contributed by atoms with van der Waals surface area (Å²) in [5.74, 6) is 3.14. The van der Waals surface area contributed by atoms with Gasteiger partial charge in [0.1, 0.15) is 0 Å². The van der Waals surface area contributed by atoms with Crippen LogP contribution in [0.5, 0.6) is 0 Å². The Labute approximate surface area is 99.1 Å². The summed E-state index contributed by atoms with van der Waals surface area (Å²) in [4.78, 5) is 0. The SMILES string of the molecule is c1ccc(CC2CCC3CCCCC32)cc1. The second-order valence-electron chi connectivity index (χ2n) is 5.74. The zero-order valence-electron chi connectivity index (χ0n) is 10.1. The summed E-state index contributed by atoms with van der Waals surface area (Å²) < 4.78 is 0. The highest BCUT2D eigenvalue weighted by Gasteiger charge is 2.36. The number of rotatable bonds is 2. The Morgan fingerprint density at radius 3 is 2.56 bits per heavy atom. The van der Waals surface area contributed by atoms with E-state index in [4.69, 9.17) is 0 Å². The highest BCUT2D eigenvalue weighted by atomic mass is 14.4. The molecule has 1 aromatic carbocycles. The molecule has 0 saturated heterocycles. The van der Waals surface area contributed by atoms with Gasteiger partial charge in [-0.05, 0) is 49.0 Å². The first-order valence-corrected chi connectivity index (χ1v) is 6.97. The van der Waals surface area contributed by atoms with Gasteiger partial charge in [-0.25, -0.2) is 0 Å². The molecule has 2 saturated carbocycles. The van der Waals surface area contributed by atoms with Crippen LogP contribution >= 0.6 is 0 Å². The van der Waals surface area contributed by atoms with E-state index in [2.05, 4.69) is 30.3 Å². The van der Waals surface area contributed by atoms with E-state index in [0.717, 1.165) is 17.8 Å². The molecule has 0 aliphatic heterocycles. The summed E-state index contributed by atoms with van der Waals surface area (Å²) in [5.41, 5.74) is 1.55. The first-order chi connectivity index (χ1) is 7.93. The molecule has 0 N–H and O–H groups in total. The van der Waals surface area contributed by atoms with Crippen molar-refractivity contribution in [2.24, 2.45) is 17.8 Å². The second-order valence-corrected chi connectivity index (χ2v) is 5.74. The van der Waals surface area contributed by atoms with Crippen LogP contribution in [0, 0.1) is 17.8 Å². The van der Waals surface area contributed by atoms with Crippen LogP contribution in [-0.2, 0) is 6.42 Å². The lowest BCUT2D eigenvalue weighted by molar-refractivity contribution is 0.227. The van der Waals surface area contributed by atoms with Crippen molar-refractivity contribution < 1.29 is 0 Å². The van der Waals surface area contributed by atoms with Crippen molar-refractivity contribution in [3.63, 3.8) is 0 Å². The van der Waals surface area contributed by atoms with Crippen molar-refractivity contribution in [2.75, 3.05) is 0 Å². The van der Waals surface area contributed by atoms with E-state index in [9.17, 15) is 0 Å². The molecule has 3 atom stereocenters. The summed E-state index contributed by atoms with van der Waals surface area (Å²) in [7, 11) is 0. The van der Waals surface area contributed by atoms with E-state index in [-0.39, 0.29) is 0 Å². The third kappa shape index (κ3) is 2.03. The molecule has 86 valence electrons. The third-order valence-electron chi connectivity index (χ3n) is 4.82. The van der Waals surface area contributed by atoms with Gasteiger partial charge < -0.3 is 0 Å². The lowest BCUT2D eigenvalue weighted by Crippen LogP contribution is -2.20. The molecule has 0 spiro atoms. The molecule has 16 heavy (non-hydrogen) atoms. The van der Waals surface area contributed by atoms with Crippen LogP contribution in [0.1, 0.15) is 44.1 Å². The van der Waals surface area contributed by atoms with Gasteiger partial charge in [-0.3, -0.25) is 0 Å². The fraction of sp³-hybridized carbons (Fsp3) is 0.625. The summed E-state index contributed by atoms with van der Waals surface area (Å²) >= 11 is 0. The fourth-order valence-corrected chi connectivity index (χ4v) is 4.03. The molecule has 0 nitrogen and oxygen atoms in total. The predicted octanol–water partition coefficient (Wildman–Crippen LogP) is 4.45. The zero-order valence-corrected chi connectivity index (χ0v) is 10.1. The maximum absolute atomic E-state index is 2.30. The average molecular weight is 214 g/mol. The first kappa shape index (κ1) is 10.4. The molecular formula is C16H22. The van der Waals surface area contributed by atoms with Gasteiger partial charge in [-0.2, -0.15) is 0 Å². The van der Waals surface area contributed by atoms with Crippen LogP contribution in [0.15, 0.2) is 30.3 Å². The summed E-state index contributed by atoms with van der Waals surface area (Å²) in [5, 5.41) is 0. The summed E-state index contributed by atoms with van der Waals surface area (Å²) in [6.45, 7) is 0. The molecule has 2 fully saturated rings. The van der Waals surface area contributed by atoms with Crippen molar-refractivity contribution in [3.8, 4) is 0 Å². The smallest absolute Gasteiger partial charge is 0.0248 e. The van der Waals surface area contributed by atoms with Crippen LogP contribution in [0.25, 0.3) is 0 Å². The highest BCUT2D eigenvalue weighted by Crippen LogP contribution is 2.46. The number of hydrogen-bond acceptors (Lipinski definition) is 0. The van der Waals surface area contributed by atoms with Crippen LogP contribution in [0.2, 0.25) is 0 Å². The van der Waals surface area contributed by atoms with Gasteiger partial charge in [0.2, 0.25) is 0 Å². The normalized spacial score (nSPS) is 33.6. The quantitative estimate of drug-likeness (QED) is 0.682. The molecule has 0 heterocycles. The Bertz CT molecular complexity index is 327. The van der Waals surface area contributed by atoms with Crippen LogP contribution in [-0.4, -0.2) is 0 Å². The molecule has 0 radical (unpaired) electrons. The first-order valence-electron chi connectivity index (χ1n) is 6.97. The Hall–Kier alpha value is -0.780. The minimum absolute atomic E-state index is 0.993. The predicted molar refractivity (Wildman–Crippen MR) is 68.3 cm³/mol. The van der Waals surface area contributed by atoms with Gasteiger partial charge in [0.15, 0.2) is 0 Å². The molecule has 0 amide bonds. The maximum Gasteiger partial charge on any atom is -0.0248 e. The highest BCUT2D eigenvalue weighted by molar-refractivity contribution is 5.16. The van der Waals surface area contributed by atoms with E-state index in [1.165, 1.54) is 44.9 Å². The average Bonchev–Trinajstić information content (AvgIpc) is 2.74. The summed E-state index contributed by atoms with van der Waals surface area (Å²) in [6.07, 6.45) is 10.4. The minimum Gasteiger partial charge on any atom is -0.0622 e. The van der Waals surface area contributed by atoms with Gasteiger partial charge >= 0.3 is 0 Å². The number of hydrogen-bond donors (Lipinski definition) is 0. The summed E-state index contributed by atoms with van der Waals surface area (Å²) in [6, 6.07) is 11.1. The van der Waals surface area contributed by atoms with Gasteiger partial charge in [0.05, 0.1) is 0 Å². The van der Waals surface area contributed by atoms with Gasteiger partial charge in [0, 0.05) is 0 Å². The van der Waals surface area contributed by atoms with Crippen molar-refractivity contribution in [2.45, 2.75) is 44.9 Å². The van der Waals surface area contributed by atoms with Crippen molar-refractivity contribution in [1.82, 2.24) is 0 Å². The molecule has 0 bridgehead atoms. The molecule has 1 aromatic rings. The van der Waals surface area contributed by atoms with E-state index in [1.54, 1.807) is 5.56 Å².